The van der Waals surface area contributed by atoms with Crippen LogP contribution in [0.1, 0.15) is 38.2 Å². The van der Waals surface area contributed by atoms with Crippen LogP contribution < -0.4 is 5.32 Å². The summed E-state index contributed by atoms with van der Waals surface area (Å²) in [6, 6.07) is 14.6. The van der Waals surface area contributed by atoms with E-state index >= 15 is 0 Å². The van der Waals surface area contributed by atoms with E-state index in [9.17, 15) is 9.59 Å². The molecule has 2 aromatic carbocycles. The molecule has 4 nitrogen and oxygen atoms in total. The first-order valence-electron chi connectivity index (χ1n) is 10.2. The molecule has 0 bridgehead atoms. The van der Waals surface area contributed by atoms with Crippen molar-refractivity contribution in [2.45, 2.75) is 56.1 Å². The monoisotopic (exact) mass is 464 g/mol. The highest BCUT2D eigenvalue weighted by atomic mass is 35.5. The van der Waals surface area contributed by atoms with E-state index in [2.05, 4.69) is 5.32 Å². The summed E-state index contributed by atoms with van der Waals surface area (Å²) in [7, 11) is 0. The number of carbonyl (C=O) groups is 2. The third-order valence-electron chi connectivity index (χ3n) is 5.33. The molecule has 1 unspecified atom stereocenters. The summed E-state index contributed by atoms with van der Waals surface area (Å²) in [4.78, 5) is 28.6. The van der Waals surface area contributed by atoms with Gasteiger partial charge in [-0.3, -0.25) is 9.59 Å². The molecule has 2 aromatic rings. The minimum atomic E-state index is -0.596. The quantitative estimate of drug-likeness (QED) is 0.520. The predicted molar refractivity (Wildman–Crippen MR) is 124 cm³/mol. The number of nitrogens with one attached hydrogen (secondary N) is 1. The topological polar surface area (TPSA) is 49.4 Å². The van der Waals surface area contributed by atoms with Crippen LogP contribution in [0.4, 0.5) is 0 Å². The molecule has 1 atom stereocenters. The highest BCUT2D eigenvalue weighted by Crippen LogP contribution is 2.25. The number of hydrogen-bond donors (Lipinski definition) is 1. The highest BCUT2D eigenvalue weighted by molar-refractivity contribution is 8.00. The molecule has 7 heteroatoms. The molecule has 0 spiro atoms. The van der Waals surface area contributed by atoms with Crippen molar-refractivity contribution in [3.05, 3.63) is 64.1 Å². The Balaban J connectivity index is 1.73. The van der Waals surface area contributed by atoms with Gasteiger partial charge in [-0.1, -0.05) is 60.3 Å². The average molecular weight is 465 g/mol. The second-order valence-corrected chi connectivity index (χ2v) is 9.42. The summed E-state index contributed by atoms with van der Waals surface area (Å²) in [6.07, 6.45) is 4.27. The zero-order chi connectivity index (χ0) is 21.5. The fourth-order valence-electron chi connectivity index (χ4n) is 3.55. The van der Waals surface area contributed by atoms with E-state index < -0.39 is 6.04 Å². The molecule has 1 N–H and O–H groups in total. The van der Waals surface area contributed by atoms with Crippen molar-refractivity contribution < 1.29 is 9.59 Å². The Morgan fingerprint density at radius 2 is 1.83 bits per heavy atom. The normalized spacial score (nSPS) is 15.0. The van der Waals surface area contributed by atoms with Gasteiger partial charge in [0.15, 0.2) is 0 Å². The molecule has 1 aliphatic rings. The zero-order valence-electron chi connectivity index (χ0n) is 16.9. The van der Waals surface area contributed by atoms with Gasteiger partial charge in [-0.05, 0) is 49.6 Å². The fraction of sp³-hybridized carbons (Fsp3) is 0.391. The third-order valence-corrected chi connectivity index (χ3v) is 6.91. The molecule has 0 radical (unpaired) electrons. The number of carbonyl (C=O) groups excluding carboxylic acids is 2. The fourth-order valence-corrected chi connectivity index (χ4v) is 4.83. The summed E-state index contributed by atoms with van der Waals surface area (Å²) in [5.41, 5.74) is 0.764. The van der Waals surface area contributed by atoms with E-state index in [1.165, 1.54) is 11.8 Å². The van der Waals surface area contributed by atoms with Gasteiger partial charge < -0.3 is 10.2 Å². The minimum Gasteiger partial charge on any atom is -0.352 e. The molecule has 0 aliphatic heterocycles. The maximum atomic E-state index is 13.1. The van der Waals surface area contributed by atoms with Crippen molar-refractivity contribution >= 4 is 46.8 Å². The van der Waals surface area contributed by atoms with Gasteiger partial charge in [0.25, 0.3) is 0 Å². The average Bonchev–Trinajstić information content (AvgIpc) is 3.25. The predicted octanol–water partition coefficient (Wildman–Crippen LogP) is 5.56. The minimum absolute atomic E-state index is 0.107. The van der Waals surface area contributed by atoms with Gasteiger partial charge in [0.05, 0.1) is 5.75 Å². The molecule has 30 heavy (non-hydrogen) atoms. The first kappa shape index (κ1) is 23.0. The first-order chi connectivity index (χ1) is 14.4. The number of benzene rings is 2. The van der Waals surface area contributed by atoms with Crippen molar-refractivity contribution in [2.75, 3.05) is 5.75 Å². The first-order valence-corrected chi connectivity index (χ1v) is 11.9. The second-order valence-electron chi connectivity index (χ2n) is 7.53. The molecular formula is C23H26Cl2N2O2S. The molecule has 2 amide bonds. The third kappa shape index (κ3) is 6.40. The Bertz CT molecular complexity index is 873. The van der Waals surface area contributed by atoms with Crippen LogP contribution in [0.25, 0.3) is 0 Å². The van der Waals surface area contributed by atoms with Crippen molar-refractivity contribution in [3.8, 4) is 0 Å². The largest absolute Gasteiger partial charge is 0.352 e. The summed E-state index contributed by atoms with van der Waals surface area (Å²) < 4.78 is 0. The van der Waals surface area contributed by atoms with Crippen LogP contribution >= 0.6 is 35.0 Å². The molecule has 1 aliphatic carbocycles. The number of hydrogen-bond acceptors (Lipinski definition) is 3. The van der Waals surface area contributed by atoms with Gasteiger partial charge in [0.1, 0.15) is 6.04 Å². The van der Waals surface area contributed by atoms with Crippen molar-refractivity contribution in [3.63, 3.8) is 0 Å². The number of halogens is 2. The van der Waals surface area contributed by atoms with E-state index in [4.69, 9.17) is 23.2 Å². The number of nitrogens with zero attached hydrogens (tertiary/aromatic N) is 1. The van der Waals surface area contributed by atoms with Crippen LogP contribution in [-0.2, 0) is 16.1 Å². The zero-order valence-corrected chi connectivity index (χ0v) is 19.3. The number of rotatable bonds is 8. The van der Waals surface area contributed by atoms with E-state index in [1.807, 2.05) is 30.3 Å². The Morgan fingerprint density at radius 3 is 2.50 bits per heavy atom. The molecular weight excluding hydrogens is 439 g/mol. The maximum absolute atomic E-state index is 13.1. The van der Waals surface area contributed by atoms with Crippen LogP contribution in [0.15, 0.2) is 53.4 Å². The Kier molecular flexibility index (Phi) is 8.49. The van der Waals surface area contributed by atoms with Crippen LogP contribution in [0, 0.1) is 0 Å². The molecule has 3 rings (SSSR count). The van der Waals surface area contributed by atoms with Gasteiger partial charge in [-0.2, -0.15) is 0 Å². The lowest BCUT2D eigenvalue weighted by molar-refractivity contribution is -0.138. The van der Waals surface area contributed by atoms with Crippen LogP contribution in [0.3, 0.4) is 0 Å². The van der Waals surface area contributed by atoms with Crippen LogP contribution in [0.5, 0.6) is 0 Å². The van der Waals surface area contributed by atoms with E-state index in [1.54, 1.807) is 30.0 Å². The molecule has 0 aromatic heterocycles. The Morgan fingerprint density at radius 1 is 1.13 bits per heavy atom. The smallest absolute Gasteiger partial charge is 0.242 e. The van der Waals surface area contributed by atoms with Crippen molar-refractivity contribution in [1.29, 1.82) is 0 Å². The molecule has 0 saturated heterocycles. The molecule has 1 saturated carbocycles. The SMILES string of the molecule is CC(C(=O)NC1CCCC1)N(Cc1ccc(Cl)cc1Cl)C(=O)CSc1ccccc1. The van der Waals surface area contributed by atoms with E-state index in [-0.39, 0.29) is 30.2 Å². The molecule has 1 fully saturated rings. The van der Waals surface area contributed by atoms with Gasteiger partial charge in [-0.15, -0.1) is 11.8 Å². The van der Waals surface area contributed by atoms with Gasteiger partial charge in [0.2, 0.25) is 11.8 Å². The lowest BCUT2D eigenvalue weighted by atomic mass is 10.1. The lowest BCUT2D eigenvalue weighted by Crippen LogP contribution is -2.50. The van der Waals surface area contributed by atoms with E-state index in [0.717, 1.165) is 36.1 Å². The van der Waals surface area contributed by atoms with Gasteiger partial charge in [0, 0.05) is 27.5 Å². The van der Waals surface area contributed by atoms with Crippen LogP contribution in [0.2, 0.25) is 10.0 Å². The summed E-state index contributed by atoms with van der Waals surface area (Å²) in [5.74, 6) is 0.0185. The van der Waals surface area contributed by atoms with Gasteiger partial charge >= 0.3 is 0 Å². The summed E-state index contributed by atoms with van der Waals surface area (Å²) in [6.45, 7) is 2.03. The van der Waals surface area contributed by atoms with Crippen molar-refractivity contribution in [1.82, 2.24) is 10.2 Å². The summed E-state index contributed by atoms with van der Waals surface area (Å²) in [5, 5.41) is 4.12. The van der Waals surface area contributed by atoms with Gasteiger partial charge in [-0.25, -0.2) is 0 Å². The molecule has 160 valence electrons. The Hall–Kier alpha value is -1.69. The lowest BCUT2D eigenvalue weighted by Gasteiger charge is -2.30. The van der Waals surface area contributed by atoms with Crippen molar-refractivity contribution in [2.24, 2.45) is 0 Å². The summed E-state index contributed by atoms with van der Waals surface area (Å²) >= 11 is 13.8. The molecule has 0 heterocycles. The van der Waals surface area contributed by atoms with E-state index in [0.29, 0.717) is 10.0 Å². The highest BCUT2D eigenvalue weighted by Gasteiger charge is 2.28. The number of thioether (sulfide) groups is 1. The second kappa shape index (κ2) is 11.1. The number of amides is 2. The maximum Gasteiger partial charge on any atom is 0.242 e. The standard InChI is InChI=1S/C23H26Cl2N2O2S/c1-16(23(29)26-19-7-5-6-8-19)27(14-17-11-12-18(24)13-21(17)25)22(28)15-30-20-9-3-2-4-10-20/h2-4,9-13,16,19H,5-8,14-15H2,1H3,(H,26,29). The Labute approximate surface area is 192 Å². The van der Waals surface area contributed by atoms with Crippen LogP contribution in [-0.4, -0.2) is 34.6 Å².